The predicted octanol–water partition coefficient (Wildman–Crippen LogP) is 5.01. The molecular weight excluding hydrogens is 392 g/mol. The van der Waals surface area contributed by atoms with Crippen LogP contribution in [0.5, 0.6) is 5.75 Å². The molecule has 0 aliphatic carbocycles. The fourth-order valence-corrected chi connectivity index (χ4v) is 3.49. The van der Waals surface area contributed by atoms with Crippen LogP contribution in [-0.2, 0) is 11.3 Å². The number of non-ortho nitro benzene ring substituents is 1. The van der Waals surface area contributed by atoms with Gasteiger partial charge >= 0.3 is 0 Å². The summed E-state index contributed by atoms with van der Waals surface area (Å²) >= 11 is 0.881. The molecule has 0 N–H and O–H groups in total. The van der Waals surface area contributed by atoms with Crippen LogP contribution < -0.4 is 4.74 Å². The van der Waals surface area contributed by atoms with E-state index in [1.165, 1.54) is 12.1 Å². The second kappa shape index (κ2) is 8.91. The van der Waals surface area contributed by atoms with Crippen LogP contribution in [0, 0.1) is 10.1 Å². The van der Waals surface area contributed by atoms with Crippen LogP contribution in [0.25, 0.3) is 6.08 Å². The van der Waals surface area contributed by atoms with E-state index in [1.807, 2.05) is 38.1 Å². The number of carbonyl (C=O) groups excluding carboxylic acids is 2. The second-order valence-corrected chi connectivity index (χ2v) is 7.59. The van der Waals surface area contributed by atoms with Crippen LogP contribution in [0.2, 0.25) is 0 Å². The highest BCUT2D eigenvalue weighted by Crippen LogP contribution is 2.33. The molecule has 1 aliphatic heterocycles. The largest absolute Gasteiger partial charge is 0.491 e. The third kappa shape index (κ3) is 5.03. The smallest absolute Gasteiger partial charge is 0.293 e. The summed E-state index contributed by atoms with van der Waals surface area (Å²) in [5, 5.41) is 10.4. The summed E-state index contributed by atoms with van der Waals surface area (Å²) in [6.07, 6.45) is 2.70. The summed E-state index contributed by atoms with van der Waals surface area (Å²) < 4.78 is 5.74. The number of hydrogen-bond acceptors (Lipinski definition) is 6. The van der Waals surface area contributed by atoms with Gasteiger partial charge in [0.05, 0.1) is 22.5 Å². The minimum Gasteiger partial charge on any atom is -0.491 e. The highest BCUT2D eigenvalue weighted by atomic mass is 32.2. The number of ether oxygens (including phenoxy) is 1. The zero-order valence-corrected chi connectivity index (χ0v) is 16.8. The second-order valence-electron chi connectivity index (χ2n) is 6.60. The third-order valence-electron chi connectivity index (χ3n) is 4.45. The van der Waals surface area contributed by atoms with Gasteiger partial charge in [0.2, 0.25) is 0 Å². The zero-order chi connectivity index (χ0) is 21.0. The Bertz CT molecular complexity index is 954. The molecule has 8 heteroatoms. The molecule has 29 heavy (non-hydrogen) atoms. The Morgan fingerprint density at radius 1 is 1.14 bits per heavy atom. The van der Waals surface area contributed by atoms with Crippen molar-refractivity contribution in [3.8, 4) is 5.75 Å². The van der Waals surface area contributed by atoms with E-state index in [9.17, 15) is 19.7 Å². The Morgan fingerprint density at radius 2 is 1.79 bits per heavy atom. The fraction of sp³-hybridized carbons (Fsp3) is 0.238. The van der Waals surface area contributed by atoms with Crippen molar-refractivity contribution in [2.45, 2.75) is 32.9 Å². The first-order valence-electron chi connectivity index (χ1n) is 9.12. The molecule has 1 heterocycles. The summed E-state index contributed by atoms with van der Waals surface area (Å²) in [6.45, 7) is 4.11. The fourth-order valence-electron chi connectivity index (χ4n) is 2.65. The van der Waals surface area contributed by atoms with Crippen molar-refractivity contribution < 1.29 is 19.2 Å². The van der Waals surface area contributed by atoms with Gasteiger partial charge < -0.3 is 4.74 Å². The van der Waals surface area contributed by atoms with Crippen LogP contribution in [0.15, 0.2) is 53.4 Å². The topological polar surface area (TPSA) is 89.8 Å². The molecule has 0 spiro atoms. The Morgan fingerprint density at radius 3 is 2.38 bits per heavy atom. The lowest BCUT2D eigenvalue weighted by Crippen LogP contribution is -2.27. The average Bonchev–Trinajstić information content (AvgIpc) is 2.97. The molecule has 1 saturated heterocycles. The SMILES string of the molecule is CC[C@H](C)Oc1ccc(/C=C2\SC(=O)N(Cc3ccc([N+](=O)[O-])cc3)C2=O)cc1. The number of carbonyl (C=O) groups is 2. The number of nitrogens with zero attached hydrogens (tertiary/aromatic N) is 2. The van der Waals surface area contributed by atoms with Gasteiger partial charge in [-0.3, -0.25) is 24.6 Å². The van der Waals surface area contributed by atoms with Gasteiger partial charge in [0, 0.05) is 12.1 Å². The monoisotopic (exact) mass is 412 g/mol. The van der Waals surface area contributed by atoms with Crippen LogP contribution in [0.4, 0.5) is 10.5 Å². The molecule has 0 radical (unpaired) electrons. The zero-order valence-electron chi connectivity index (χ0n) is 16.0. The number of rotatable bonds is 7. The van der Waals surface area contributed by atoms with Crippen molar-refractivity contribution in [3.63, 3.8) is 0 Å². The van der Waals surface area contributed by atoms with E-state index in [4.69, 9.17) is 4.74 Å². The summed E-state index contributed by atoms with van der Waals surface area (Å²) in [7, 11) is 0. The van der Waals surface area contributed by atoms with Gasteiger partial charge in [-0.25, -0.2) is 0 Å². The van der Waals surface area contributed by atoms with Gasteiger partial charge in [-0.1, -0.05) is 31.2 Å². The van der Waals surface area contributed by atoms with Gasteiger partial charge in [0.15, 0.2) is 0 Å². The standard InChI is InChI=1S/C21H20N2O5S/c1-3-14(2)28-18-10-6-15(7-11-18)12-19-20(24)22(21(25)29-19)13-16-4-8-17(9-5-16)23(26)27/h4-12,14H,3,13H2,1-2H3/b19-12-/t14-/m0/s1. The molecule has 0 bridgehead atoms. The number of amides is 2. The lowest BCUT2D eigenvalue weighted by molar-refractivity contribution is -0.384. The number of hydrogen-bond donors (Lipinski definition) is 0. The van der Waals surface area contributed by atoms with Crippen molar-refractivity contribution >= 4 is 34.7 Å². The van der Waals surface area contributed by atoms with E-state index in [1.54, 1.807) is 18.2 Å². The van der Waals surface area contributed by atoms with Crippen LogP contribution in [-0.4, -0.2) is 27.1 Å². The minimum absolute atomic E-state index is 0.0384. The lowest BCUT2D eigenvalue weighted by atomic mass is 10.2. The molecule has 3 rings (SSSR count). The van der Waals surface area contributed by atoms with Crippen molar-refractivity contribution in [3.05, 3.63) is 74.7 Å². The number of benzene rings is 2. The van der Waals surface area contributed by atoms with Crippen LogP contribution >= 0.6 is 11.8 Å². The third-order valence-corrected chi connectivity index (χ3v) is 5.36. The van der Waals surface area contributed by atoms with E-state index >= 15 is 0 Å². The molecule has 0 saturated carbocycles. The maximum atomic E-state index is 12.6. The van der Waals surface area contributed by atoms with Crippen molar-refractivity contribution in [2.75, 3.05) is 0 Å². The maximum absolute atomic E-state index is 12.6. The first-order valence-corrected chi connectivity index (χ1v) is 9.94. The lowest BCUT2D eigenvalue weighted by Gasteiger charge is -2.12. The Kier molecular flexibility index (Phi) is 6.33. The maximum Gasteiger partial charge on any atom is 0.293 e. The van der Waals surface area contributed by atoms with Crippen molar-refractivity contribution in [1.82, 2.24) is 4.90 Å². The average molecular weight is 412 g/mol. The molecule has 150 valence electrons. The van der Waals surface area contributed by atoms with Gasteiger partial charge in [0.25, 0.3) is 16.8 Å². The van der Waals surface area contributed by atoms with Crippen LogP contribution in [0.1, 0.15) is 31.4 Å². The molecule has 1 fully saturated rings. The van der Waals surface area contributed by atoms with E-state index in [0.717, 1.165) is 34.4 Å². The number of thioether (sulfide) groups is 1. The quantitative estimate of drug-likeness (QED) is 0.361. The Balaban J connectivity index is 1.70. The predicted molar refractivity (Wildman–Crippen MR) is 111 cm³/mol. The van der Waals surface area contributed by atoms with E-state index < -0.39 is 4.92 Å². The van der Waals surface area contributed by atoms with Gasteiger partial charge in [-0.2, -0.15) is 0 Å². The minimum atomic E-state index is -0.494. The number of nitro benzene ring substituents is 1. The van der Waals surface area contributed by atoms with E-state index in [2.05, 4.69) is 0 Å². The Labute approximate surface area is 172 Å². The van der Waals surface area contributed by atoms with Gasteiger partial charge in [0.1, 0.15) is 5.75 Å². The van der Waals surface area contributed by atoms with E-state index in [0.29, 0.717) is 10.5 Å². The summed E-state index contributed by atoms with van der Waals surface area (Å²) in [5.41, 5.74) is 1.40. The molecule has 0 aromatic heterocycles. The molecular formula is C21H20N2O5S. The molecule has 1 aliphatic rings. The highest BCUT2D eigenvalue weighted by Gasteiger charge is 2.35. The van der Waals surface area contributed by atoms with Crippen molar-refractivity contribution in [2.24, 2.45) is 0 Å². The number of imide groups is 1. The molecule has 2 aromatic carbocycles. The molecule has 1 atom stereocenters. The summed E-state index contributed by atoms with van der Waals surface area (Å²) in [6, 6.07) is 13.1. The number of nitro groups is 1. The summed E-state index contributed by atoms with van der Waals surface area (Å²) in [4.78, 5) is 36.6. The summed E-state index contributed by atoms with van der Waals surface area (Å²) in [5.74, 6) is 0.376. The van der Waals surface area contributed by atoms with Crippen LogP contribution in [0.3, 0.4) is 0 Å². The van der Waals surface area contributed by atoms with E-state index in [-0.39, 0.29) is 29.5 Å². The van der Waals surface area contributed by atoms with Gasteiger partial charge in [-0.15, -0.1) is 0 Å². The molecule has 7 nitrogen and oxygen atoms in total. The van der Waals surface area contributed by atoms with Gasteiger partial charge in [-0.05, 0) is 54.4 Å². The first-order chi connectivity index (χ1) is 13.9. The first kappa shape index (κ1) is 20.6. The molecule has 2 amide bonds. The van der Waals surface area contributed by atoms with Crippen molar-refractivity contribution in [1.29, 1.82) is 0 Å². The molecule has 0 unspecified atom stereocenters. The highest BCUT2D eigenvalue weighted by molar-refractivity contribution is 8.18. The Hall–Kier alpha value is -3.13. The molecule has 2 aromatic rings. The normalized spacial score (nSPS) is 16.3.